The second-order valence-corrected chi connectivity index (χ2v) is 5.15. The molecule has 3 nitrogen and oxygen atoms in total. The lowest BCUT2D eigenvalue weighted by Crippen LogP contribution is -2.50. The minimum absolute atomic E-state index is 0.0676. The third-order valence-electron chi connectivity index (χ3n) is 3.73. The van der Waals surface area contributed by atoms with Gasteiger partial charge < -0.3 is 4.90 Å². The standard InChI is InChI=1S/C12H22N2O/c1-4-10-12(15)14(9-6-5-7-9)11(13-10)8(2)3/h8-11,13H,4-7H2,1-3H3. The van der Waals surface area contributed by atoms with Crippen LogP contribution in [0.15, 0.2) is 0 Å². The Kier molecular flexibility index (Phi) is 3.01. The van der Waals surface area contributed by atoms with Gasteiger partial charge in [-0.05, 0) is 31.6 Å². The molecule has 1 saturated heterocycles. The minimum atomic E-state index is 0.0676. The molecule has 1 N–H and O–H groups in total. The fourth-order valence-corrected chi connectivity index (χ4v) is 2.55. The highest BCUT2D eigenvalue weighted by molar-refractivity contribution is 5.84. The van der Waals surface area contributed by atoms with Crippen LogP contribution in [-0.2, 0) is 4.79 Å². The molecule has 2 rings (SSSR count). The third-order valence-corrected chi connectivity index (χ3v) is 3.73. The van der Waals surface area contributed by atoms with Crippen LogP contribution in [0.1, 0.15) is 46.5 Å². The summed E-state index contributed by atoms with van der Waals surface area (Å²) < 4.78 is 0. The van der Waals surface area contributed by atoms with E-state index in [1.54, 1.807) is 0 Å². The molecule has 2 fully saturated rings. The molecule has 0 aromatic rings. The zero-order valence-corrected chi connectivity index (χ0v) is 9.99. The summed E-state index contributed by atoms with van der Waals surface area (Å²) in [5.41, 5.74) is 0. The summed E-state index contributed by atoms with van der Waals surface area (Å²) in [7, 11) is 0. The van der Waals surface area contributed by atoms with Gasteiger partial charge in [0.25, 0.3) is 0 Å². The van der Waals surface area contributed by atoms with Gasteiger partial charge in [-0.15, -0.1) is 0 Å². The number of rotatable bonds is 3. The highest BCUT2D eigenvalue weighted by Crippen LogP contribution is 2.31. The first-order chi connectivity index (χ1) is 7.15. The predicted molar refractivity (Wildman–Crippen MR) is 60.3 cm³/mol. The fraction of sp³-hybridized carbons (Fsp3) is 0.917. The molecule has 3 heteroatoms. The van der Waals surface area contributed by atoms with Crippen LogP contribution in [0.3, 0.4) is 0 Å². The van der Waals surface area contributed by atoms with Crippen molar-refractivity contribution in [2.45, 2.75) is 64.7 Å². The lowest BCUT2D eigenvalue weighted by molar-refractivity contribution is -0.134. The maximum Gasteiger partial charge on any atom is 0.241 e. The number of hydrogen-bond acceptors (Lipinski definition) is 2. The summed E-state index contributed by atoms with van der Waals surface area (Å²) in [6.45, 7) is 6.46. The van der Waals surface area contributed by atoms with E-state index in [1.165, 1.54) is 19.3 Å². The number of hydrogen-bond donors (Lipinski definition) is 1. The van der Waals surface area contributed by atoms with E-state index in [-0.39, 0.29) is 12.2 Å². The summed E-state index contributed by atoms with van der Waals surface area (Å²) in [6, 6.07) is 0.590. The number of nitrogens with one attached hydrogen (secondary N) is 1. The van der Waals surface area contributed by atoms with Gasteiger partial charge in [0.1, 0.15) is 0 Å². The van der Waals surface area contributed by atoms with Crippen LogP contribution in [-0.4, -0.2) is 29.1 Å². The van der Waals surface area contributed by atoms with Crippen molar-refractivity contribution in [1.82, 2.24) is 10.2 Å². The first kappa shape index (κ1) is 10.9. The van der Waals surface area contributed by atoms with Crippen LogP contribution in [0.4, 0.5) is 0 Å². The topological polar surface area (TPSA) is 32.3 Å². The number of amides is 1. The van der Waals surface area contributed by atoms with Crippen molar-refractivity contribution >= 4 is 5.91 Å². The molecule has 0 aromatic heterocycles. The van der Waals surface area contributed by atoms with Gasteiger partial charge in [-0.3, -0.25) is 10.1 Å². The molecule has 15 heavy (non-hydrogen) atoms. The fourth-order valence-electron chi connectivity index (χ4n) is 2.55. The molecule has 1 aliphatic heterocycles. The van der Waals surface area contributed by atoms with E-state index >= 15 is 0 Å². The van der Waals surface area contributed by atoms with Crippen molar-refractivity contribution in [2.24, 2.45) is 5.92 Å². The summed E-state index contributed by atoms with van der Waals surface area (Å²) >= 11 is 0. The van der Waals surface area contributed by atoms with Crippen LogP contribution >= 0.6 is 0 Å². The van der Waals surface area contributed by atoms with Crippen molar-refractivity contribution in [1.29, 1.82) is 0 Å². The van der Waals surface area contributed by atoms with Gasteiger partial charge in [0, 0.05) is 6.04 Å². The monoisotopic (exact) mass is 210 g/mol. The molecule has 86 valence electrons. The molecule has 1 saturated carbocycles. The molecule has 0 spiro atoms. The van der Waals surface area contributed by atoms with E-state index in [1.807, 2.05) is 0 Å². The maximum atomic E-state index is 12.1. The van der Waals surface area contributed by atoms with Crippen LogP contribution < -0.4 is 5.32 Å². The quantitative estimate of drug-likeness (QED) is 0.769. The van der Waals surface area contributed by atoms with Gasteiger partial charge in [-0.1, -0.05) is 20.8 Å². The Morgan fingerprint density at radius 3 is 2.53 bits per heavy atom. The third kappa shape index (κ3) is 1.78. The first-order valence-electron chi connectivity index (χ1n) is 6.23. The zero-order chi connectivity index (χ0) is 11.0. The van der Waals surface area contributed by atoms with Gasteiger partial charge >= 0.3 is 0 Å². The Morgan fingerprint density at radius 1 is 1.47 bits per heavy atom. The highest BCUT2D eigenvalue weighted by Gasteiger charge is 2.44. The second kappa shape index (κ2) is 4.12. The molecule has 1 aliphatic carbocycles. The number of carbonyl (C=O) groups excluding carboxylic acids is 1. The average molecular weight is 210 g/mol. The summed E-state index contributed by atoms with van der Waals surface area (Å²) in [6.07, 6.45) is 4.87. The normalized spacial score (nSPS) is 32.5. The van der Waals surface area contributed by atoms with E-state index in [0.29, 0.717) is 17.9 Å². The summed E-state index contributed by atoms with van der Waals surface area (Å²) in [4.78, 5) is 14.3. The van der Waals surface area contributed by atoms with E-state index < -0.39 is 0 Å². The smallest absolute Gasteiger partial charge is 0.241 e. The van der Waals surface area contributed by atoms with E-state index in [0.717, 1.165) is 6.42 Å². The van der Waals surface area contributed by atoms with Crippen LogP contribution in [0.2, 0.25) is 0 Å². The Hall–Kier alpha value is -0.570. The van der Waals surface area contributed by atoms with E-state index in [2.05, 4.69) is 31.0 Å². The van der Waals surface area contributed by atoms with Crippen LogP contribution in [0, 0.1) is 5.92 Å². The summed E-state index contributed by atoms with van der Waals surface area (Å²) in [5.74, 6) is 0.840. The van der Waals surface area contributed by atoms with Gasteiger partial charge in [-0.25, -0.2) is 0 Å². The average Bonchev–Trinajstić information content (AvgIpc) is 2.42. The molecule has 0 aromatic carbocycles. The van der Waals surface area contributed by atoms with Crippen LogP contribution in [0.5, 0.6) is 0 Å². The molecule has 1 heterocycles. The molecule has 2 atom stereocenters. The number of carbonyl (C=O) groups is 1. The predicted octanol–water partition coefficient (Wildman–Crippen LogP) is 1.73. The molecular formula is C12H22N2O. The van der Waals surface area contributed by atoms with Gasteiger partial charge in [-0.2, -0.15) is 0 Å². The molecule has 0 radical (unpaired) electrons. The molecule has 1 amide bonds. The largest absolute Gasteiger partial charge is 0.323 e. The zero-order valence-electron chi connectivity index (χ0n) is 9.99. The Balaban J connectivity index is 2.12. The SMILES string of the molecule is CCC1NC(C(C)C)N(C2CCC2)C1=O. The Morgan fingerprint density at radius 2 is 2.13 bits per heavy atom. The molecular weight excluding hydrogens is 188 g/mol. The Bertz CT molecular complexity index is 248. The minimum Gasteiger partial charge on any atom is -0.323 e. The van der Waals surface area contributed by atoms with Crippen molar-refractivity contribution in [3.8, 4) is 0 Å². The van der Waals surface area contributed by atoms with Crippen molar-refractivity contribution < 1.29 is 4.79 Å². The second-order valence-electron chi connectivity index (χ2n) is 5.15. The first-order valence-corrected chi connectivity index (χ1v) is 6.23. The van der Waals surface area contributed by atoms with Crippen molar-refractivity contribution in [2.75, 3.05) is 0 Å². The van der Waals surface area contributed by atoms with Gasteiger partial charge in [0.05, 0.1) is 12.2 Å². The van der Waals surface area contributed by atoms with E-state index in [4.69, 9.17) is 0 Å². The molecule has 2 aliphatic rings. The lowest BCUT2D eigenvalue weighted by Gasteiger charge is -2.39. The number of nitrogens with zero attached hydrogens (tertiary/aromatic N) is 1. The van der Waals surface area contributed by atoms with Crippen molar-refractivity contribution in [3.05, 3.63) is 0 Å². The van der Waals surface area contributed by atoms with Crippen molar-refractivity contribution in [3.63, 3.8) is 0 Å². The van der Waals surface area contributed by atoms with Gasteiger partial charge in [0.15, 0.2) is 0 Å². The molecule has 0 bridgehead atoms. The summed E-state index contributed by atoms with van der Waals surface area (Å²) in [5, 5.41) is 3.47. The van der Waals surface area contributed by atoms with Crippen LogP contribution in [0.25, 0.3) is 0 Å². The lowest BCUT2D eigenvalue weighted by atomic mass is 9.90. The Labute approximate surface area is 92.2 Å². The van der Waals surface area contributed by atoms with E-state index in [9.17, 15) is 4.79 Å². The maximum absolute atomic E-state index is 12.1. The van der Waals surface area contributed by atoms with Gasteiger partial charge in [0.2, 0.25) is 5.91 Å². The molecule has 2 unspecified atom stereocenters. The highest BCUT2D eigenvalue weighted by atomic mass is 16.2.